The number of pyridine rings is 1. The van der Waals surface area contributed by atoms with Gasteiger partial charge in [-0.2, -0.15) is 18.2 Å². The second-order valence-corrected chi connectivity index (χ2v) is 5.78. The minimum absolute atomic E-state index is 0.00571. The number of ether oxygens (including phenoxy) is 2. The number of benzene rings is 1. The van der Waals surface area contributed by atoms with Gasteiger partial charge in [0.15, 0.2) is 17.3 Å². The summed E-state index contributed by atoms with van der Waals surface area (Å²) in [6.07, 6.45) is -2.74. The molecule has 11 heteroatoms. The number of hydrogen-bond donors (Lipinski definition) is 2. The van der Waals surface area contributed by atoms with Crippen LogP contribution < -0.4 is 20.5 Å². The number of nitrogens with two attached hydrogens (primary N) is 1. The molecule has 0 bridgehead atoms. The van der Waals surface area contributed by atoms with Gasteiger partial charge in [-0.05, 0) is 18.2 Å². The van der Waals surface area contributed by atoms with Crippen LogP contribution >= 0.6 is 11.6 Å². The van der Waals surface area contributed by atoms with Gasteiger partial charge >= 0.3 is 6.18 Å². The van der Waals surface area contributed by atoms with Crippen LogP contribution in [0.4, 0.5) is 30.5 Å². The molecular weight excluding hydrogens is 399 g/mol. The Morgan fingerprint density at radius 2 is 1.79 bits per heavy atom. The van der Waals surface area contributed by atoms with Gasteiger partial charge in [0.25, 0.3) is 0 Å². The van der Waals surface area contributed by atoms with Crippen LogP contribution in [0.3, 0.4) is 0 Å². The zero-order chi connectivity index (χ0) is 20.3. The van der Waals surface area contributed by atoms with E-state index in [2.05, 4.69) is 20.3 Å². The van der Waals surface area contributed by atoms with Crippen LogP contribution in [-0.4, -0.2) is 22.1 Å². The number of methoxy groups -OCH3 is 1. The highest BCUT2D eigenvalue weighted by Crippen LogP contribution is 2.37. The molecule has 3 rings (SSSR count). The van der Waals surface area contributed by atoms with E-state index in [4.69, 9.17) is 26.8 Å². The van der Waals surface area contributed by atoms with Gasteiger partial charge in [-0.3, -0.25) is 0 Å². The normalized spacial score (nSPS) is 11.2. The van der Waals surface area contributed by atoms with Gasteiger partial charge in [-0.15, -0.1) is 0 Å². The topological polar surface area (TPSA) is 95.2 Å². The monoisotopic (exact) mass is 411 g/mol. The van der Waals surface area contributed by atoms with Crippen LogP contribution in [0, 0.1) is 0 Å². The van der Waals surface area contributed by atoms with Gasteiger partial charge in [0.05, 0.1) is 17.7 Å². The molecule has 0 radical (unpaired) electrons. The third-order valence-corrected chi connectivity index (χ3v) is 3.82. The summed E-state index contributed by atoms with van der Waals surface area (Å²) in [4.78, 5) is 11.6. The van der Waals surface area contributed by atoms with Crippen molar-refractivity contribution >= 4 is 28.9 Å². The molecule has 28 heavy (non-hydrogen) atoms. The summed E-state index contributed by atoms with van der Waals surface area (Å²) < 4.78 is 49.0. The van der Waals surface area contributed by atoms with E-state index >= 15 is 0 Å². The molecule has 146 valence electrons. The van der Waals surface area contributed by atoms with Crippen molar-refractivity contribution in [1.82, 2.24) is 15.0 Å². The van der Waals surface area contributed by atoms with E-state index in [0.29, 0.717) is 17.7 Å². The summed E-state index contributed by atoms with van der Waals surface area (Å²) in [5.74, 6) is 0.858. The number of rotatable bonds is 5. The molecule has 0 aliphatic carbocycles. The molecule has 0 aliphatic heterocycles. The van der Waals surface area contributed by atoms with Crippen molar-refractivity contribution in [3.8, 4) is 17.4 Å². The van der Waals surface area contributed by atoms with Crippen LogP contribution in [0.5, 0.6) is 17.4 Å². The van der Waals surface area contributed by atoms with Gasteiger partial charge < -0.3 is 20.5 Å². The fraction of sp³-hybridized carbons (Fsp3) is 0.118. The van der Waals surface area contributed by atoms with E-state index in [1.165, 1.54) is 13.4 Å². The Labute approximate surface area is 162 Å². The highest BCUT2D eigenvalue weighted by atomic mass is 35.5. The molecule has 1 aromatic carbocycles. The molecule has 0 aliphatic rings. The van der Waals surface area contributed by atoms with Crippen molar-refractivity contribution in [3.05, 3.63) is 53.4 Å². The fourth-order valence-corrected chi connectivity index (χ4v) is 2.38. The van der Waals surface area contributed by atoms with Gasteiger partial charge in [0.1, 0.15) is 17.8 Å². The Morgan fingerprint density at radius 1 is 1.07 bits per heavy atom. The molecule has 0 saturated heterocycles. The number of aromatic nitrogens is 3. The van der Waals surface area contributed by atoms with Crippen LogP contribution in [0.25, 0.3) is 0 Å². The smallest absolute Gasteiger partial charge is 0.417 e. The third kappa shape index (κ3) is 4.17. The Morgan fingerprint density at radius 3 is 2.43 bits per heavy atom. The number of anilines is 3. The second kappa shape index (κ2) is 7.77. The highest BCUT2D eigenvalue weighted by Gasteiger charge is 2.31. The number of nitrogen functional groups attached to an aromatic ring is 1. The van der Waals surface area contributed by atoms with Crippen molar-refractivity contribution in [2.45, 2.75) is 6.18 Å². The van der Waals surface area contributed by atoms with Crippen molar-refractivity contribution in [1.29, 1.82) is 0 Å². The van der Waals surface area contributed by atoms with E-state index in [1.54, 1.807) is 24.3 Å². The van der Waals surface area contributed by atoms with E-state index in [9.17, 15) is 13.2 Å². The minimum atomic E-state index is -4.56. The molecule has 2 heterocycles. The zero-order valence-electron chi connectivity index (χ0n) is 14.3. The maximum Gasteiger partial charge on any atom is 0.417 e. The Balaban J connectivity index is 1.88. The first-order valence-electron chi connectivity index (χ1n) is 7.70. The SMILES string of the molecule is COc1ccccc1Oc1ncnc(Nc2ncc(C(F)(F)F)cc2Cl)c1N. The summed E-state index contributed by atoms with van der Waals surface area (Å²) in [5.41, 5.74) is 5.05. The molecule has 0 spiro atoms. The summed E-state index contributed by atoms with van der Waals surface area (Å²) in [6.45, 7) is 0. The number of para-hydroxylation sites is 2. The van der Waals surface area contributed by atoms with Gasteiger partial charge in [-0.25, -0.2) is 9.97 Å². The summed E-state index contributed by atoms with van der Waals surface area (Å²) >= 11 is 5.89. The van der Waals surface area contributed by atoms with Crippen molar-refractivity contribution < 1.29 is 22.6 Å². The molecule has 7 nitrogen and oxygen atoms in total. The molecule has 0 atom stereocenters. The highest BCUT2D eigenvalue weighted by molar-refractivity contribution is 6.33. The molecule has 0 unspecified atom stereocenters. The van der Waals surface area contributed by atoms with Crippen LogP contribution in [0.1, 0.15) is 5.56 Å². The zero-order valence-corrected chi connectivity index (χ0v) is 15.0. The fourth-order valence-electron chi connectivity index (χ4n) is 2.16. The minimum Gasteiger partial charge on any atom is -0.493 e. The number of nitrogens with one attached hydrogen (secondary N) is 1. The van der Waals surface area contributed by atoms with E-state index in [1.807, 2.05) is 0 Å². The first-order chi connectivity index (χ1) is 13.3. The maximum atomic E-state index is 12.7. The quantitative estimate of drug-likeness (QED) is 0.629. The van der Waals surface area contributed by atoms with Crippen molar-refractivity contribution in [2.75, 3.05) is 18.2 Å². The number of halogens is 4. The number of hydrogen-bond acceptors (Lipinski definition) is 7. The third-order valence-electron chi connectivity index (χ3n) is 3.53. The van der Waals surface area contributed by atoms with Crippen molar-refractivity contribution in [2.24, 2.45) is 0 Å². The molecule has 3 aromatic rings. The van der Waals surface area contributed by atoms with Gasteiger partial charge in [0, 0.05) is 6.20 Å². The second-order valence-electron chi connectivity index (χ2n) is 5.37. The van der Waals surface area contributed by atoms with Crippen LogP contribution in [0.2, 0.25) is 5.02 Å². The summed E-state index contributed by atoms with van der Waals surface area (Å²) in [7, 11) is 1.48. The Kier molecular flexibility index (Phi) is 5.41. The average Bonchev–Trinajstić information content (AvgIpc) is 2.66. The first kappa shape index (κ1) is 19.5. The Bertz CT molecular complexity index is 1000. The first-order valence-corrected chi connectivity index (χ1v) is 8.08. The van der Waals surface area contributed by atoms with E-state index < -0.39 is 11.7 Å². The summed E-state index contributed by atoms with van der Waals surface area (Å²) in [5, 5.41) is 2.43. The average molecular weight is 412 g/mol. The van der Waals surface area contributed by atoms with Crippen LogP contribution in [-0.2, 0) is 6.18 Å². The molecule has 0 fully saturated rings. The van der Waals surface area contributed by atoms with E-state index in [-0.39, 0.29) is 28.2 Å². The van der Waals surface area contributed by atoms with Gasteiger partial charge in [-0.1, -0.05) is 23.7 Å². The largest absolute Gasteiger partial charge is 0.493 e. The maximum absolute atomic E-state index is 12.7. The van der Waals surface area contributed by atoms with Crippen LogP contribution in [0.15, 0.2) is 42.9 Å². The number of nitrogens with zero attached hydrogens (tertiary/aromatic N) is 3. The summed E-state index contributed by atoms with van der Waals surface area (Å²) in [6, 6.07) is 7.60. The lowest BCUT2D eigenvalue weighted by atomic mass is 10.3. The molecule has 2 aromatic heterocycles. The van der Waals surface area contributed by atoms with E-state index in [0.717, 1.165) is 6.07 Å². The predicted octanol–water partition coefficient (Wildman–Crippen LogP) is 4.67. The molecular formula is C17H13ClF3N5O2. The van der Waals surface area contributed by atoms with Crippen molar-refractivity contribution in [3.63, 3.8) is 0 Å². The Hall–Kier alpha value is -3.27. The molecule has 3 N–H and O–H groups in total. The lowest BCUT2D eigenvalue weighted by Crippen LogP contribution is -2.08. The predicted molar refractivity (Wildman–Crippen MR) is 97.0 cm³/mol. The van der Waals surface area contributed by atoms with Gasteiger partial charge in [0.2, 0.25) is 5.88 Å². The number of alkyl halides is 3. The standard InChI is InChI=1S/C17H13ClF3N5O2/c1-27-11-4-2-3-5-12(11)28-16-13(22)15(24-8-25-16)26-14-10(18)6-9(7-23-14)17(19,20)21/h2-8H,22H2,1H3,(H,23,24,25,26). The lowest BCUT2D eigenvalue weighted by molar-refractivity contribution is -0.137. The lowest BCUT2D eigenvalue weighted by Gasteiger charge is -2.14. The molecule has 0 saturated carbocycles. The molecule has 0 amide bonds.